The maximum atomic E-state index is 5.92. The van der Waals surface area contributed by atoms with E-state index in [0.717, 1.165) is 29.6 Å². The number of halogens is 1. The maximum absolute atomic E-state index is 5.92. The summed E-state index contributed by atoms with van der Waals surface area (Å²) in [6, 6.07) is 2.36. The molecule has 0 aliphatic rings. The third kappa shape index (κ3) is 3.66. The van der Waals surface area contributed by atoms with E-state index in [2.05, 4.69) is 50.0 Å². The summed E-state index contributed by atoms with van der Waals surface area (Å²) < 4.78 is 3.25. The summed E-state index contributed by atoms with van der Waals surface area (Å²) in [4.78, 5) is 5.70. The van der Waals surface area contributed by atoms with Crippen LogP contribution >= 0.6 is 27.3 Å². The van der Waals surface area contributed by atoms with Crippen molar-refractivity contribution in [3.05, 3.63) is 39.0 Å². The van der Waals surface area contributed by atoms with E-state index >= 15 is 0 Å². The Kier molecular flexibility index (Phi) is 4.36. The van der Waals surface area contributed by atoms with Crippen LogP contribution in [0.2, 0.25) is 0 Å². The second-order valence-electron chi connectivity index (χ2n) is 4.14. The summed E-state index contributed by atoms with van der Waals surface area (Å²) in [6.07, 6.45) is 5.82. The van der Waals surface area contributed by atoms with Crippen molar-refractivity contribution >= 4 is 27.3 Å². The minimum absolute atomic E-state index is 0.217. The first-order valence-corrected chi connectivity index (χ1v) is 7.33. The molecule has 3 nitrogen and oxygen atoms in total. The van der Waals surface area contributed by atoms with Crippen molar-refractivity contribution in [2.24, 2.45) is 5.73 Å². The molecule has 17 heavy (non-hydrogen) atoms. The summed E-state index contributed by atoms with van der Waals surface area (Å²) in [7, 11) is 0. The van der Waals surface area contributed by atoms with Crippen molar-refractivity contribution in [3.63, 3.8) is 0 Å². The van der Waals surface area contributed by atoms with Crippen molar-refractivity contribution in [1.82, 2.24) is 9.55 Å². The highest BCUT2D eigenvalue weighted by Gasteiger charge is 2.05. The van der Waals surface area contributed by atoms with Gasteiger partial charge in [0, 0.05) is 33.4 Å². The predicted octanol–water partition coefficient (Wildman–Crippen LogP) is 3.04. The summed E-state index contributed by atoms with van der Waals surface area (Å²) >= 11 is 5.21. The highest BCUT2D eigenvalue weighted by atomic mass is 79.9. The van der Waals surface area contributed by atoms with Crippen LogP contribution in [0.25, 0.3) is 0 Å². The average Bonchev–Trinajstić information content (AvgIpc) is 2.89. The highest BCUT2D eigenvalue weighted by Crippen LogP contribution is 2.20. The first kappa shape index (κ1) is 12.8. The van der Waals surface area contributed by atoms with Crippen LogP contribution in [0.15, 0.2) is 28.4 Å². The van der Waals surface area contributed by atoms with Gasteiger partial charge in [-0.15, -0.1) is 11.3 Å². The quantitative estimate of drug-likeness (QED) is 0.922. The third-order valence-corrected chi connectivity index (χ3v) is 4.32. The van der Waals surface area contributed by atoms with E-state index in [4.69, 9.17) is 5.73 Å². The van der Waals surface area contributed by atoms with Crippen molar-refractivity contribution in [1.29, 1.82) is 0 Å². The van der Waals surface area contributed by atoms with Gasteiger partial charge in [0.25, 0.3) is 0 Å². The Morgan fingerprint density at radius 2 is 2.41 bits per heavy atom. The van der Waals surface area contributed by atoms with Gasteiger partial charge >= 0.3 is 0 Å². The normalized spacial score (nSPS) is 12.9. The molecular formula is C12H16BrN3S. The molecule has 2 aromatic rings. The lowest BCUT2D eigenvalue weighted by atomic mass is 10.1. The van der Waals surface area contributed by atoms with E-state index < -0.39 is 0 Å². The number of thiophene rings is 1. The minimum atomic E-state index is 0.217. The zero-order chi connectivity index (χ0) is 12.3. The minimum Gasteiger partial charge on any atom is -0.332 e. The topological polar surface area (TPSA) is 43.8 Å². The van der Waals surface area contributed by atoms with Crippen LogP contribution in [0.3, 0.4) is 0 Å². The van der Waals surface area contributed by atoms with Crippen molar-refractivity contribution in [2.75, 3.05) is 0 Å². The van der Waals surface area contributed by atoms with Crippen molar-refractivity contribution < 1.29 is 0 Å². The highest BCUT2D eigenvalue weighted by molar-refractivity contribution is 9.10. The average molecular weight is 314 g/mol. The molecule has 0 saturated heterocycles. The zero-order valence-electron chi connectivity index (χ0n) is 9.77. The van der Waals surface area contributed by atoms with Gasteiger partial charge in [-0.05, 0) is 28.4 Å². The Balaban J connectivity index is 1.98. The van der Waals surface area contributed by atoms with Crippen LogP contribution < -0.4 is 5.73 Å². The number of rotatable bonds is 5. The van der Waals surface area contributed by atoms with Crippen LogP contribution in [-0.4, -0.2) is 15.6 Å². The molecule has 0 fully saturated rings. The SMILES string of the molecule is CCC(N)Cc1cn(Cc2cc(Br)cs2)cn1. The fraction of sp³-hybridized carbons (Fsp3) is 0.417. The van der Waals surface area contributed by atoms with Crippen LogP contribution in [0, 0.1) is 0 Å². The smallest absolute Gasteiger partial charge is 0.0952 e. The van der Waals surface area contributed by atoms with Gasteiger partial charge in [0.15, 0.2) is 0 Å². The lowest BCUT2D eigenvalue weighted by Gasteiger charge is -2.04. The molecule has 0 bridgehead atoms. The first-order valence-electron chi connectivity index (χ1n) is 5.66. The zero-order valence-corrected chi connectivity index (χ0v) is 12.2. The van der Waals surface area contributed by atoms with Crippen LogP contribution in [-0.2, 0) is 13.0 Å². The molecule has 2 heterocycles. The molecule has 92 valence electrons. The summed E-state index contributed by atoms with van der Waals surface area (Å²) in [6.45, 7) is 2.98. The largest absolute Gasteiger partial charge is 0.332 e. The molecule has 2 rings (SSSR count). The van der Waals surface area contributed by atoms with Crippen LogP contribution in [0.1, 0.15) is 23.9 Å². The Labute approximate surface area is 114 Å². The summed E-state index contributed by atoms with van der Waals surface area (Å²) in [5.74, 6) is 0. The van der Waals surface area contributed by atoms with Gasteiger partial charge in [-0.25, -0.2) is 4.98 Å². The van der Waals surface area contributed by atoms with Crippen molar-refractivity contribution in [2.45, 2.75) is 32.4 Å². The fourth-order valence-electron chi connectivity index (χ4n) is 1.63. The van der Waals surface area contributed by atoms with Gasteiger partial charge in [-0.3, -0.25) is 0 Å². The second kappa shape index (κ2) is 5.80. The molecule has 1 unspecified atom stereocenters. The van der Waals surface area contributed by atoms with Crippen molar-refractivity contribution in [3.8, 4) is 0 Å². The van der Waals surface area contributed by atoms with E-state index in [1.54, 1.807) is 11.3 Å². The van der Waals surface area contributed by atoms with E-state index in [-0.39, 0.29) is 6.04 Å². The van der Waals surface area contributed by atoms with Gasteiger partial charge < -0.3 is 10.3 Å². The summed E-state index contributed by atoms with van der Waals surface area (Å²) in [5, 5.41) is 2.10. The standard InChI is InChI=1S/C12H16BrN3S/c1-2-10(14)4-11-5-16(8-15-11)6-12-3-9(13)7-17-12/h3,5,7-8,10H,2,4,6,14H2,1H3. The number of aromatic nitrogens is 2. The lowest BCUT2D eigenvalue weighted by molar-refractivity contribution is 0.638. The predicted molar refractivity (Wildman–Crippen MR) is 75.3 cm³/mol. The second-order valence-corrected chi connectivity index (χ2v) is 6.05. The number of hydrogen-bond donors (Lipinski definition) is 1. The molecule has 0 aromatic carbocycles. The van der Waals surface area contributed by atoms with Gasteiger partial charge in [0.1, 0.15) is 0 Å². The van der Waals surface area contributed by atoms with Gasteiger partial charge in [0.2, 0.25) is 0 Å². The Bertz CT molecular complexity index is 478. The molecule has 0 amide bonds. The number of imidazole rings is 1. The van der Waals surface area contributed by atoms with E-state index in [9.17, 15) is 0 Å². The number of hydrogen-bond acceptors (Lipinski definition) is 3. The van der Waals surface area contributed by atoms with E-state index in [1.807, 2.05) is 6.33 Å². The number of nitrogens with zero attached hydrogens (tertiary/aromatic N) is 2. The van der Waals surface area contributed by atoms with E-state index in [1.165, 1.54) is 4.88 Å². The summed E-state index contributed by atoms with van der Waals surface area (Å²) in [5.41, 5.74) is 7.00. The first-order chi connectivity index (χ1) is 8.17. The third-order valence-electron chi connectivity index (χ3n) is 2.64. The van der Waals surface area contributed by atoms with Gasteiger partial charge in [-0.1, -0.05) is 6.92 Å². The number of nitrogens with two attached hydrogens (primary N) is 1. The Morgan fingerprint density at radius 3 is 3.06 bits per heavy atom. The van der Waals surface area contributed by atoms with Crippen LogP contribution in [0.4, 0.5) is 0 Å². The lowest BCUT2D eigenvalue weighted by Crippen LogP contribution is -2.21. The molecule has 2 aromatic heterocycles. The molecule has 0 radical (unpaired) electrons. The maximum Gasteiger partial charge on any atom is 0.0952 e. The molecule has 0 aliphatic carbocycles. The molecule has 1 atom stereocenters. The Hall–Kier alpha value is -0.650. The van der Waals surface area contributed by atoms with Gasteiger partial charge in [-0.2, -0.15) is 0 Å². The molecule has 5 heteroatoms. The Morgan fingerprint density at radius 1 is 1.59 bits per heavy atom. The fourth-order valence-corrected chi connectivity index (χ4v) is 3.09. The molecule has 2 N–H and O–H groups in total. The van der Waals surface area contributed by atoms with E-state index in [0.29, 0.717) is 0 Å². The molecular weight excluding hydrogens is 298 g/mol. The van der Waals surface area contributed by atoms with Crippen LogP contribution in [0.5, 0.6) is 0 Å². The molecule has 0 aliphatic heterocycles. The monoisotopic (exact) mass is 313 g/mol. The molecule has 0 saturated carbocycles. The molecule has 0 spiro atoms. The van der Waals surface area contributed by atoms with Gasteiger partial charge in [0.05, 0.1) is 18.6 Å².